The minimum atomic E-state index is -0.365. The molecule has 1 N–H and O–H groups in total. The first-order chi connectivity index (χ1) is 8.69. The monoisotopic (exact) mass is 253 g/mol. The largest absolute Gasteiger partial charge is 0.390 e. The Hall–Kier alpha value is -0.0800. The number of hydrogen-bond donors (Lipinski definition) is 1. The Morgan fingerprint density at radius 3 is 2.00 bits per heavy atom. The van der Waals surface area contributed by atoms with E-state index in [0.717, 1.165) is 25.3 Å². The van der Waals surface area contributed by atoms with E-state index in [1.165, 1.54) is 51.6 Å². The van der Waals surface area contributed by atoms with Gasteiger partial charge in [0, 0.05) is 12.5 Å². The van der Waals surface area contributed by atoms with Gasteiger partial charge in [0.1, 0.15) is 0 Å². The van der Waals surface area contributed by atoms with Crippen LogP contribution in [0.3, 0.4) is 0 Å². The van der Waals surface area contributed by atoms with Crippen molar-refractivity contribution in [3.8, 4) is 0 Å². The maximum absolute atomic E-state index is 11.2. The topological polar surface area (TPSA) is 23.5 Å². The number of unbranched alkanes of at least 4 members (excludes halogenated alkanes) is 2. The molecule has 3 heterocycles. The van der Waals surface area contributed by atoms with Crippen LogP contribution in [0.2, 0.25) is 0 Å². The zero-order valence-corrected chi connectivity index (χ0v) is 12.3. The minimum Gasteiger partial charge on any atom is -0.390 e. The zero-order valence-electron chi connectivity index (χ0n) is 12.3. The molecule has 2 bridgehead atoms. The van der Waals surface area contributed by atoms with E-state index >= 15 is 0 Å². The molecule has 0 aliphatic carbocycles. The summed E-state index contributed by atoms with van der Waals surface area (Å²) in [5.41, 5.74) is -0.365. The van der Waals surface area contributed by atoms with Crippen LogP contribution < -0.4 is 0 Å². The molecule has 0 saturated carbocycles. The molecular formula is C16H31NO. The number of piperidine rings is 3. The van der Waals surface area contributed by atoms with Crippen LogP contribution in [0, 0.1) is 11.8 Å². The fourth-order valence-corrected chi connectivity index (χ4v) is 4.04. The summed E-state index contributed by atoms with van der Waals surface area (Å²) in [6.07, 6.45) is 9.48. The van der Waals surface area contributed by atoms with Gasteiger partial charge in [-0.3, -0.25) is 0 Å². The Balaban J connectivity index is 2.02. The smallest absolute Gasteiger partial charge is 0.0690 e. The first-order valence-corrected chi connectivity index (χ1v) is 8.14. The second-order valence-corrected chi connectivity index (χ2v) is 6.56. The quantitative estimate of drug-likeness (QED) is 0.751. The van der Waals surface area contributed by atoms with E-state index in [2.05, 4.69) is 18.7 Å². The van der Waals surface area contributed by atoms with Crippen LogP contribution in [0.5, 0.6) is 0 Å². The summed E-state index contributed by atoms with van der Waals surface area (Å²) in [7, 11) is 0. The van der Waals surface area contributed by atoms with Crippen LogP contribution in [-0.2, 0) is 0 Å². The molecule has 2 heteroatoms. The SMILES string of the molecule is CCCCC(O)(CCCC)C1CN2CCC1CC2. The Kier molecular flexibility index (Phi) is 5.08. The fraction of sp³-hybridized carbons (Fsp3) is 1.00. The number of rotatable bonds is 7. The maximum atomic E-state index is 11.2. The van der Waals surface area contributed by atoms with Crippen molar-refractivity contribution in [3.63, 3.8) is 0 Å². The summed E-state index contributed by atoms with van der Waals surface area (Å²) in [5.74, 6) is 1.35. The van der Waals surface area contributed by atoms with Gasteiger partial charge >= 0.3 is 0 Å². The van der Waals surface area contributed by atoms with Gasteiger partial charge in [0.25, 0.3) is 0 Å². The van der Waals surface area contributed by atoms with Crippen LogP contribution in [-0.4, -0.2) is 35.2 Å². The molecular weight excluding hydrogens is 222 g/mol. The van der Waals surface area contributed by atoms with E-state index in [1.807, 2.05) is 0 Å². The third kappa shape index (κ3) is 3.08. The molecule has 3 fully saturated rings. The van der Waals surface area contributed by atoms with Crippen molar-refractivity contribution in [2.45, 2.75) is 70.8 Å². The lowest BCUT2D eigenvalue weighted by molar-refractivity contribution is -0.107. The summed E-state index contributed by atoms with van der Waals surface area (Å²) >= 11 is 0. The highest BCUT2D eigenvalue weighted by Gasteiger charge is 2.45. The van der Waals surface area contributed by atoms with Crippen LogP contribution in [0.1, 0.15) is 65.2 Å². The third-order valence-corrected chi connectivity index (χ3v) is 5.27. The van der Waals surface area contributed by atoms with Gasteiger partial charge < -0.3 is 10.0 Å². The van der Waals surface area contributed by atoms with Gasteiger partial charge in [-0.25, -0.2) is 0 Å². The number of fused-ring (bicyclic) bond motifs is 3. The highest BCUT2D eigenvalue weighted by molar-refractivity contribution is 4.97. The molecule has 3 aliphatic rings. The van der Waals surface area contributed by atoms with Crippen molar-refractivity contribution in [1.29, 1.82) is 0 Å². The van der Waals surface area contributed by atoms with Crippen molar-refractivity contribution in [2.75, 3.05) is 19.6 Å². The van der Waals surface area contributed by atoms with Crippen LogP contribution in [0.4, 0.5) is 0 Å². The predicted molar refractivity (Wildman–Crippen MR) is 76.7 cm³/mol. The molecule has 2 nitrogen and oxygen atoms in total. The number of nitrogens with zero attached hydrogens (tertiary/aromatic N) is 1. The maximum Gasteiger partial charge on any atom is 0.0690 e. The Morgan fingerprint density at radius 1 is 1.06 bits per heavy atom. The molecule has 3 saturated heterocycles. The first kappa shape index (κ1) is 14.3. The van der Waals surface area contributed by atoms with Gasteiger partial charge in [-0.05, 0) is 44.7 Å². The van der Waals surface area contributed by atoms with E-state index in [4.69, 9.17) is 0 Å². The average molecular weight is 253 g/mol. The van der Waals surface area contributed by atoms with Crippen LogP contribution in [0.15, 0.2) is 0 Å². The molecule has 0 amide bonds. The number of aliphatic hydroxyl groups is 1. The standard InChI is InChI=1S/C16H31NO/c1-3-5-9-16(18,10-6-4-2)15-13-17-11-7-14(15)8-12-17/h14-15,18H,3-13H2,1-2H3. The van der Waals surface area contributed by atoms with E-state index in [-0.39, 0.29) is 5.60 Å². The highest BCUT2D eigenvalue weighted by Crippen LogP contribution is 2.42. The Bertz CT molecular complexity index is 237. The zero-order chi connectivity index (χ0) is 13.0. The second kappa shape index (κ2) is 6.38. The molecule has 3 rings (SSSR count). The van der Waals surface area contributed by atoms with Gasteiger partial charge in [-0.15, -0.1) is 0 Å². The van der Waals surface area contributed by atoms with Gasteiger partial charge in [0.2, 0.25) is 0 Å². The highest BCUT2D eigenvalue weighted by atomic mass is 16.3. The van der Waals surface area contributed by atoms with Crippen molar-refractivity contribution in [2.24, 2.45) is 11.8 Å². The summed E-state index contributed by atoms with van der Waals surface area (Å²) in [6.45, 7) is 8.18. The number of hydrogen-bond acceptors (Lipinski definition) is 2. The van der Waals surface area contributed by atoms with E-state index < -0.39 is 0 Å². The normalized spacial score (nSPS) is 31.8. The molecule has 106 valence electrons. The van der Waals surface area contributed by atoms with Crippen molar-refractivity contribution < 1.29 is 5.11 Å². The van der Waals surface area contributed by atoms with Gasteiger partial charge in [0.15, 0.2) is 0 Å². The molecule has 3 aliphatic heterocycles. The lowest BCUT2D eigenvalue weighted by Crippen LogP contribution is -2.56. The minimum absolute atomic E-state index is 0.365. The molecule has 18 heavy (non-hydrogen) atoms. The van der Waals surface area contributed by atoms with Crippen molar-refractivity contribution >= 4 is 0 Å². The molecule has 0 aromatic carbocycles. The van der Waals surface area contributed by atoms with E-state index in [0.29, 0.717) is 5.92 Å². The molecule has 0 radical (unpaired) electrons. The lowest BCUT2D eigenvalue weighted by atomic mass is 9.67. The predicted octanol–water partition coefficient (Wildman–Crippen LogP) is 3.44. The average Bonchev–Trinajstić information content (AvgIpc) is 2.44. The summed E-state index contributed by atoms with van der Waals surface area (Å²) in [5, 5.41) is 11.2. The molecule has 1 atom stereocenters. The van der Waals surface area contributed by atoms with Gasteiger partial charge in [-0.1, -0.05) is 39.5 Å². The molecule has 0 aromatic rings. The lowest BCUT2D eigenvalue weighted by Gasteiger charge is -2.51. The summed E-state index contributed by atoms with van der Waals surface area (Å²) in [6, 6.07) is 0. The summed E-state index contributed by atoms with van der Waals surface area (Å²) in [4.78, 5) is 2.58. The van der Waals surface area contributed by atoms with E-state index in [9.17, 15) is 5.11 Å². The molecule has 0 aromatic heterocycles. The van der Waals surface area contributed by atoms with Gasteiger partial charge in [-0.2, -0.15) is 0 Å². The fourth-order valence-electron chi connectivity index (χ4n) is 4.04. The van der Waals surface area contributed by atoms with Crippen molar-refractivity contribution in [1.82, 2.24) is 4.90 Å². The third-order valence-electron chi connectivity index (χ3n) is 5.27. The first-order valence-electron chi connectivity index (χ1n) is 8.14. The van der Waals surface area contributed by atoms with Crippen LogP contribution in [0.25, 0.3) is 0 Å². The Morgan fingerprint density at radius 2 is 1.61 bits per heavy atom. The molecule has 1 unspecified atom stereocenters. The van der Waals surface area contributed by atoms with Crippen molar-refractivity contribution in [3.05, 3.63) is 0 Å². The second-order valence-electron chi connectivity index (χ2n) is 6.56. The van der Waals surface area contributed by atoms with Gasteiger partial charge in [0.05, 0.1) is 5.60 Å². The Labute approximate surface area is 113 Å². The summed E-state index contributed by atoms with van der Waals surface area (Å²) < 4.78 is 0. The van der Waals surface area contributed by atoms with Crippen LogP contribution >= 0.6 is 0 Å². The molecule has 0 spiro atoms. The van der Waals surface area contributed by atoms with E-state index in [1.54, 1.807) is 0 Å².